The van der Waals surface area contributed by atoms with Crippen LogP contribution in [0, 0.1) is 5.92 Å². The van der Waals surface area contributed by atoms with E-state index in [1.165, 1.54) is 11.3 Å². The predicted molar refractivity (Wildman–Crippen MR) is 72.5 cm³/mol. The highest BCUT2D eigenvalue weighted by atomic mass is 79.9. The molecule has 1 aromatic heterocycles. The first-order valence-corrected chi connectivity index (χ1v) is 7.42. The van der Waals surface area contributed by atoms with E-state index in [9.17, 15) is 4.79 Å². The van der Waals surface area contributed by atoms with Gasteiger partial charge in [0.25, 0.3) is 5.91 Å². The van der Waals surface area contributed by atoms with Crippen LogP contribution in [0.15, 0.2) is 15.9 Å². The highest BCUT2D eigenvalue weighted by molar-refractivity contribution is 9.10. The van der Waals surface area contributed by atoms with E-state index < -0.39 is 0 Å². The fourth-order valence-electron chi connectivity index (χ4n) is 2.04. The van der Waals surface area contributed by atoms with E-state index in [4.69, 9.17) is 4.74 Å². The molecule has 1 fully saturated rings. The van der Waals surface area contributed by atoms with Crippen LogP contribution >= 0.6 is 27.3 Å². The Morgan fingerprint density at radius 3 is 3.12 bits per heavy atom. The largest absolute Gasteiger partial charge is 0.381 e. The van der Waals surface area contributed by atoms with Gasteiger partial charge in [-0.05, 0) is 46.1 Å². The first-order valence-electron chi connectivity index (χ1n) is 5.74. The molecule has 1 atom stereocenters. The van der Waals surface area contributed by atoms with Crippen LogP contribution in [0.5, 0.6) is 0 Å². The van der Waals surface area contributed by atoms with E-state index >= 15 is 0 Å². The molecule has 5 heteroatoms. The Hall–Kier alpha value is -0.390. The summed E-state index contributed by atoms with van der Waals surface area (Å²) in [6.07, 6.45) is 2.26. The zero-order valence-electron chi connectivity index (χ0n) is 9.82. The molecule has 0 N–H and O–H groups in total. The van der Waals surface area contributed by atoms with Crippen molar-refractivity contribution < 1.29 is 9.53 Å². The summed E-state index contributed by atoms with van der Waals surface area (Å²) < 4.78 is 6.32. The summed E-state index contributed by atoms with van der Waals surface area (Å²) in [6, 6.07) is 1.91. The number of hydrogen-bond acceptors (Lipinski definition) is 3. The van der Waals surface area contributed by atoms with Gasteiger partial charge in [0.05, 0.1) is 6.61 Å². The standard InChI is InChI=1S/C12H16BrNO2S/c1-14(7-9-3-2-5-16-8-9)12(15)11-10(13)4-6-17-11/h4,6,9H,2-3,5,7-8H2,1H3. The molecule has 2 rings (SSSR count). The fourth-order valence-corrected chi connectivity index (χ4v) is 3.58. The number of hydrogen-bond donors (Lipinski definition) is 0. The van der Waals surface area contributed by atoms with Crippen molar-refractivity contribution in [1.29, 1.82) is 0 Å². The molecule has 1 aromatic rings. The van der Waals surface area contributed by atoms with Gasteiger partial charge in [-0.1, -0.05) is 0 Å². The van der Waals surface area contributed by atoms with Crippen molar-refractivity contribution in [3.8, 4) is 0 Å². The molecule has 2 heterocycles. The van der Waals surface area contributed by atoms with Gasteiger partial charge < -0.3 is 9.64 Å². The minimum atomic E-state index is 0.0949. The van der Waals surface area contributed by atoms with Crippen LogP contribution in [0.1, 0.15) is 22.5 Å². The molecule has 1 aliphatic heterocycles. The highest BCUT2D eigenvalue weighted by Crippen LogP contribution is 2.24. The maximum Gasteiger partial charge on any atom is 0.264 e. The lowest BCUT2D eigenvalue weighted by Gasteiger charge is -2.27. The highest BCUT2D eigenvalue weighted by Gasteiger charge is 2.21. The average molecular weight is 318 g/mol. The number of amides is 1. The molecule has 1 amide bonds. The summed E-state index contributed by atoms with van der Waals surface area (Å²) in [6.45, 7) is 2.43. The molecule has 0 aliphatic carbocycles. The molecule has 1 aliphatic rings. The lowest BCUT2D eigenvalue weighted by Crippen LogP contribution is -2.34. The number of halogens is 1. The minimum Gasteiger partial charge on any atom is -0.381 e. The molecule has 3 nitrogen and oxygen atoms in total. The van der Waals surface area contributed by atoms with Gasteiger partial charge in [-0.2, -0.15) is 0 Å². The molecule has 94 valence electrons. The summed E-state index contributed by atoms with van der Waals surface area (Å²) in [5.41, 5.74) is 0. The maximum atomic E-state index is 12.2. The number of thiophene rings is 1. The van der Waals surface area contributed by atoms with Crippen LogP contribution < -0.4 is 0 Å². The van der Waals surface area contributed by atoms with Crippen molar-refractivity contribution in [2.24, 2.45) is 5.92 Å². The molecule has 1 saturated heterocycles. The molecule has 0 spiro atoms. The summed E-state index contributed by atoms with van der Waals surface area (Å²) in [5, 5.41) is 1.93. The van der Waals surface area contributed by atoms with E-state index in [1.807, 2.05) is 18.5 Å². The zero-order chi connectivity index (χ0) is 12.3. The third-order valence-electron chi connectivity index (χ3n) is 2.94. The van der Waals surface area contributed by atoms with Gasteiger partial charge in [0.1, 0.15) is 4.88 Å². The van der Waals surface area contributed by atoms with Gasteiger partial charge in [-0.15, -0.1) is 11.3 Å². The molecule has 0 radical (unpaired) electrons. The monoisotopic (exact) mass is 317 g/mol. The fraction of sp³-hybridized carbons (Fsp3) is 0.583. The quantitative estimate of drug-likeness (QED) is 0.857. The van der Waals surface area contributed by atoms with Crippen molar-refractivity contribution in [1.82, 2.24) is 4.90 Å². The van der Waals surface area contributed by atoms with E-state index in [1.54, 1.807) is 4.90 Å². The second-order valence-electron chi connectivity index (χ2n) is 4.37. The number of carbonyl (C=O) groups is 1. The van der Waals surface area contributed by atoms with E-state index in [0.717, 1.165) is 42.0 Å². The van der Waals surface area contributed by atoms with Crippen LogP contribution in [0.25, 0.3) is 0 Å². The topological polar surface area (TPSA) is 29.5 Å². The number of carbonyl (C=O) groups excluding carboxylic acids is 1. The Labute approximate surface area is 114 Å². The minimum absolute atomic E-state index is 0.0949. The summed E-state index contributed by atoms with van der Waals surface area (Å²) in [7, 11) is 1.86. The summed E-state index contributed by atoms with van der Waals surface area (Å²) in [5.74, 6) is 0.578. The predicted octanol–water partition coefficient (Wildman–Crippen LogP) is 3.01. The van der Waals surface area contributed by atoms with Gasteiger partial charge in [-0.3, -0.25) is 4.79 Å². The molecule has 17 heavy (non-hydrogen) atoms. The number of ether oxygens (including phenoxy) is 1. The Morgan fingerprint density at radius 2 is 2.53 bits per heavy atom. The van der Waals surface area contributed by atoms with Gasteiger partial charge >= 0.3 is 0 Å². The lowest BCUT2D eigenvalue weighted by molar-refractivity contribution is 0.0390. The smallest absolute Gasteiger partial charge is 0.264 e. The van der Waals surface area contributed by atoms with Crippen molar-refractivity contribution in [2.45, 2.75) is 12.8 Å². The first kappa shape index (κ1) is 13.1. The number of rotatable bonds is 3. The van der Waals surface area contributed by atoms with Crippen molar-refractivity contribution >= 4 is 33.2 Å². The van der Waals surface area contributed by atoms with Crippen molar-refractivity contribution in [3.05, 3.63) is 20.8 Å². The maximum absolute atomic E-state index is 12.2. The zero-order valence-corrected chi connectivity index (χ0v) is 12.2. The first-order chi connectivity index (χ1) is 8.18. The molecule has 1 unspecified atom stereocenters. The van der Waals surface area contributed by atoms with Crippen LogP contribution in [0.2, 0.25) is 0 Å². The van der Waals surface area contributed by atoms with E-state index in [0.29, 0.717) is 5.92 Å². The number of nitrogens with zero attached hydrogens (tertiary/aromatic N) is 1. The van der Waals surface area contributed by atoms with Crippen LogP contribution in [0.3, 0.4) is 0 Å². The van der Waals surface area contributed by atoms with E-state index in [2.05, 4.69) is 15.9 Å². The van der Waals surface area contributed by atoms with E-state index in [-0.39, 0.29) is 5.91 Å². The average Bonchev–Trinajstić information content (AvgIpc) is 2.76. The third kappa shape index (κ3) is 3.30. The van der Waals surface area contributed by atoms with Gasteiger partial charge in [-0.25, -0.2) is 0 Å². The SMILES string of the molecule is CN(CC1CCCOC1)C(=O)c1sccc1Br. The molecule has 0 saturated carbocycles. The summed E-state index contributed by atoms with van der Waals surface area (Å²) >= 11 is 4.88. The second-order valence-corrected chi connectivity index (χ2v) is 6.14. The lowest BCUT2D eigenvalue weighted by atomic mass is 10.0. The second kappa shape index (κ2) is 5.98. The molecular formula is C12H16BrNO2S. The van der Waals surface area contributed by atoms with Crippen molar-refractivity contribution in [3.63, 3.8) is 0 Å². The van der Waals surface area contributed by atoms with Gasteiger partial charge in [0, 0.05) is 24.7 Å². The molecule has 0 aromatic carbocycles. The van der Waals surface area contributed by atoms with Crippen LogP contribution in [-0.4, -0.2) is 37.6 Å². The normalized spacial score (nSPS) is 20.2. The van der Waals surface area contributed by atoms with Crippen molar-refractivity contribution in [2.75, 3.05) is 26.8 Å². The van der Waals surface area contributed by atoms with Crippen LogP contribution in [0.4, 0.5) is 0 Å². The van der Waals surface area contributed by atoms with Gasteiger partial charge in [0.15, 0.2) is 0 Å². The van der Waals surface area contributed by atoms with Crippen LogP contribution in [-0.2, 0) is 4.74 Å². The van der Waals surface area contributed by atoms with Gasteiger partial charge in [0.2, 0.25) is 0 Å². The summed E-state index contributed by atoms with van der Waals surface area (Å²) in [4.78, 5) is 14.7. The Kier molecular flexibility index (Phi) is 4.59. The molecule has 0 bridgehead atoms. The third-order valence-corrected chi connectivity index (χ3v) is 4.77. The Balaban J connectivity index is 1.93. The Bertz CT molecular complexity index is 388. The molecular weight excluding hydrogens is 302 g/mol. The Morgan fingerprint density at radius 1 is 1.71 bits per heavy atom.